The van der Waals surface area contributed by atoms with E-state index in [1.54, 1.807) is 12.1 Å². The second kappa shape index (κ2) is 10.2. The second-order valence-electron chi connectivity index (χ2n) is 6.98. The Hall–Kier alpha value is -2.94. The molecule has 0 aromatic heterocycles. The highest BCUT2D eigenvalue weighted by Gasteiger charge is 2.52. The van der Waals surface area contributed by atoms with E-state index >= 15 is 0 Å². The molecule has 0 spiro atoms. The van der Waals surface area contributed by atoms with Gasteiger partial charge in [0.05, 0.1) is 0 Å². The Labute approximate surface area is 174 Å². The number of carbonyl (C=O) groups is 4. The molecule has 1 fully saturated rings. The zero-order valence-electron chi connectivity index (χ0n) is 17.6. The zero-order chi connectivity index (χ0) is 22.4. The van der Waals surface area contributed by atoms with Crippen molar-refractivity contribution in [1.29, 1.82) is 0 Å². The third-order valence-corrected chi connectivity index (χ3v) is 4.49. The lowest BCUT2D eigenvalue weighted by atomic mass is 9.89. The van der Waals surface area contributed by atoms with Crippen LogP contribution in [0.1, 0.15) is 44.9 Å². The van der Waals surface area contributed by atoms with E-state index in [2.05, 4.69) is 0 Å². The molecule has 0 amide bonds. The summed E-state index contributed by atoms with van der Waals surface area (Å²) in [5.41, 5.74) is 1.54. The summed E-state index contributed by atoms with van der Waals surface area (Å²) in [4.78, 5) is 46.7. The Morgan fingerprint density at radius 3 is 1.87 bits per heavy atom. The normalized spacial score (nSPS) is 25.7. The maximum atomic E-state index is 11.8. The molecule has 1 aromatic carbocycles. The van der Waals surface area contributed by atoms with Crippen LogP contribution in [-0.4, -0.2) is 54.9 Å². The first-order valence-corrected chi connectivity index (χ1v) is 9.46. The van der Waals surface area contributed by atoms with Crippen LogP contribution in [0, 0.1) is 6.92 Å². The Morgan fingerprint density at radius 2 is 1.33 bits per heavy atom. The summed E-state index contributed by atoms with van der Waals surface area (Å²) in [6.07, 6.45) is -5.24. The molecule has 1 aliphatic heterocycles. The minimum Gasteiger partial charge on any atom is -0.463 e. The molecule has 164 valence electrons. The molecular formula is C21H26O9. The van der Waals surface area contributed by atoms with E-state index in [-0.39, 0.29) is 6.61 Å². The fourth-order valence-electron chi connectivity index (χ4n) is 3.38. The van der Waals surface area contributed by atoms with Crippen LogP contribution in [0.5, 0.6) is 0 Å². The first-order valence-electron chi connectivity index (χ1n) is 9.46. The van der Waals surface area contributed by atoms with E-state index < -0.39 is 54.4 Å². The molecule has 1 aliphatic rings. The topological polar surface area (TPSA) is 114 Å². The molecule has 9 nitrogen and oxygen atoms in total. The third-order valence-electron chi connectivity index (χ3n) is 4.49. The van der Waals surface area contributed by atoms with Gasteiger partial charge in [-0.15, -0.1) is 0 Å². The van der Waals surface area contributed by atoms with Crippen molar-refractivity contribution in [3.05, 3.63) is 35.4 Å². The quantitative estimate of drug-likeness (QED) is 0.500. The molecule has 0 unspecified atom stereocenters. The average molecular weight is 422 g/mol. The second-order valence-corrected chi connectivity index (χ2v) is 6.98. The molecule has 2 rings (SSSR count). The van der Waals surface area contributed by atoms with E-state index in [0.29, 0.717) is 5.56 Å². The molecule has 5 atom stereocenters. The lowest BCUT2D eigenvalue weighted by Gasteiger charge is -2.44. The molecule has 0 aliphatic carbocycles. The van der Waals surface area contributed by atoms with E-state index in [9.17, 15) is 19.2 Å². The third kappa shape index (κ3) is 6.03. The average Bonchev–Trinajstić information content (AvgIpc) is 2.63. The number of hydrogen-bond acceptors (Lipinski definition) is 9. The van der Waals surface area contributed by atoms with Crippen LogP contribution < -0.4 is 0 Å². The standard InChI is InChI=1S/C21H26O9/c1-11-8-6-7-9-16(11)18-20(28-14(4)24)21(29-15(5)25)19(27-13(3)23)17(30-18)10-26-12(2)22/h6-9,17-21H,10H2,1-5H3/t17-,18+,19+,20+,21+/m1/s1. The first-order chi connectivity index (χ1) is 14.1. The summed E-state index contributed by atoms with van der Waals surface area (Å²) in [6, 6.07) is 7.26. The van der Waals surface area contributed by atoms with Gasteiger partial charge in [-0.25, -0.2) is 0 Å². The van der Waals surface area contributed by atoms with Gasteiger partial charge in [0.2, 0.25) is 0 Å². The van der Waals surface area contributed by atoms with Crippen LogP contribution >= 0.6 is 0 Å². The first kappa shape index (κ1) is 23.3. The molecule has 0 bridgehead atoms. The number of hydrogen-bond donors (Lipinski definition) is 0. The number of rotatable bonds is 6. The van der Waals surface area contributed by atoms with Crippen LogP contribution in [0.25, 0.3) is 0 Å². The van der Waals surface area contributed by atoms with Gasteiger partial charge in [-0.3, -0.25) is 19.2 Å². The van der Waals surface area contributed by atoms with Gasteiger partial charge in [0, 0.05) is 27.7 Å². The summed E-state index contributed by atoms with van der Waals surface area (Å²) >= 11 is 0. The minimum absolute atomic E-state index is 0.250. The van der Waals surface area contributed by atoms with E-state index in [1.165, 1.54) is 27.7 Å². The van der Waals surface area contributed by atoms with Gasteiger partial charge in [0.15, 0.2) is 18.3 Å². The van der Waals surface area contributed by atoms with Gasteiger partial charge < -0.3 is 23.7 Å². The van der Waals surface area contributed by atoms with Gasteiger partial charge >= 0.3 is 23.9 Å². The minimum atomic E-state index is -1.17. The van der Waals surface area contributed by atoms with Crippen molar-refractivity contribution in [2.24, 2.45) is 0 Å². The number of aryl methyl sites for hydroxylation is 1. The van der Waals surface area contributed by atoms with Crippen molar-refractivity contribution in [1.82, 2.24) is 0 Å². The molecule has 0 radical (unpaired) electrons. The molecule has 0 saturated carbocycles. The zero-order valence-corrected chi connectivity index (χ0v) is 17.6. The van der Waals surface area contributed by atoms with Crippen molar-refractivity contribution in [3.63, 3.8) is 0 Å². The van der Waals surface area contributed by atoms with Gasteiger partial charge in [-0.05, 0) is 18.1 Å². The fraction of sp³-hybridized carbons (Fsp3) is 0.524. The highest BCUT2D eigenvalue weighted by atomic mass is 16.7. The molecule has 1 saturated heterocycles. The predicted molar refractivity (Wildman–Crippen MR) is 102 cm³/mol. The smallest absolute Gasteiger partial charge is 0.303 e. The summed E-state index contributed by atoms with van der Waals surface area (Å²) < 4.78 is 27.5. The highest BCUT2D eigenvalue weighted by molar-refractivity contribution is 5.68. The van der Waals surface area contributed by atoms with Gasteiger partial charge in [-0.1, -0.05) is 24.3 Å². The fourth-order valence-corrected chi connectivity index (χ4v) is 3.38. The lowest BCUT2D eigenvalue weighted by Crippen LogP contribution is -2.59. The maximum Gasteiger partial charge on any atom is 0.303 e. The Morgan fingerprint density at radius 1 is 0.800 bits per heavy atom. The molecule has 30 heavy (non-hydrogen) atoms. The Kier molecular flexibility index (Phi) is 7.93. The van der Waals surface area contributed by atoms with Crippen LogP contribution in [0.15, 0.2) is 24.3 Å². The number of ether oxygens (including phenoxy) is 5. The largest absolute Gasteiger partial charge is 0.463 e. The lowest BCUT2D eigenvalue weighted by molar-refractivity contribution is -0.254. The Balaban J connectivity index is 2.55. The summed E-state index contributed by atoms with van der Waals surface area (Å²) in [7, 11) is 0. The van der Waals surface area contributed by atoms with Gasteiger partial charge in [-0.2, -0.15) is 0 Å². The summed E-state index contributed by atoms with van der Waals surface area (Å²) in [5, 5.41) is 0. The van der Waals surface area contributed by atoms with Gasteiger partial charge in [0.25, 0.3) is 0 Å². The van der Waals surface area contributed by atoms with Crippen LogP contribution in [-0.2, 0) is 42.9 Å². The van der Waals surface area contributed by atoms with Crippen molar-refractivity contribution >= 4 is 23.9 Å². The van der Waals surface area contributed by atoms with Crippen molar-refractivity contribution in [2.45, 2.75) is 65.1 Å². The SMILES string of the molecule is CC(=O)OC[C@H]1O[C@@H](c2ccccc2C)[C@H](OC(C)=O)[C@@H](OC(C)=O)[C@H]1OC(C)=O. The number of esters is 4. The summed E-state index contributed by atoms with van der Waals surface area (Å²) in [6.45, 7) is 6.42. The number of benzene rings is 1. The van der Waals surface area contributed by atoms with Crippen molar-refractivity contribution < 1.29 is 42.9 Å². The molecule has 1 aromatic rings. The van der Waals surface area contributed by atoms with Crippen LogP contribution in [0.4, 0.5) is 0 Å². The van der Waals surface area contributed by atoms with E-state index in [0.717, 1.165) is 5.56 Å². The highest BCUT2D eigenvalue weighted by Crippen LogP contribution is 2.38. The summed E-state index contributed by atoms with van der Waals surface area (Å²) in [5.74, 6) is -2.51. The maximum absolute atomic E-state index is 11.8. The van der Waals surface area contributed by atoms with Crippen LogP contribution in [0.3, 0.4) is 0 Å². The molecule has 0 N–H and O–H groups in total. The predicted octanol–water partition coefficient (Wildman–Crippen LogP) is 1.79. The molecule has 9 heteroatoms. The van der Waals surface area contributed by atoms with Crippen LogP contribution in [0.2, 0.25) is 0 Å². The van der Waals surface area contributed by atoms with Gasteiger partial charge in [0.1, 0.15) is 18.8 Å². The van der Waals surface area contributed by atoms with E-state index in [4.69, 9.17) is 23.7 Å². The Bertz CT molecular complexity index is 803. The monoisotopic (exact) mass is 422 g/mol. The van der Waals surface area contributed by atoms with Crippen molar-refractivity contribution in [2.75, 3.05) is 6.61 Å². The molecule has 1 heterocycles. The number of carbonyl (C=O) groups excluding carboxylic acids is 4. The molecular weight excluding hydrogens is 396 g/mol. The van der Waals surface area contributed by atoms with E-state index in [1.807, 2.05) is 19.1 Å². The van der Waals surface area contributed by atoms with Crippen molar-refractivity contribution in [3.8, 4) is 0 Å².